The van der Waals surface area contributed by atoms with Gasteiger partial charge in [-0.2, -0.15) is 5.10 Å². The van der Waals surface area contributed by atoms with E-state index in [4.69, 9.17) is 21.7 Å². The van der Waals surface area contributed by atoms with Gasteiger partial charge in [0.05, 0.1) is 13.7 Å². The number of ether oxygens (including phenoxy) is 2. The Hall–Kier alpha value is -3.20. The smallest absolute Gasteiger partial charge is 0.222 e. The highest BCUT2D eigenvalue weighted by Gasteiger charge is 2.12. The quantitative estimate of drug-likeness (QED) is 0.346. The van der Waals surface area contributed by atoms with Gasteiger partial charge in [0.15, 0.2) is 10.6 Å². The van der Waals surface area contributed by atoms with Gasteiger partial charge in [-0.1, -0.05) is 19.4 Å². The lowest BCUT2D eigenvalue weighted by molar-refractivity contribution is -0.121. The van der Waals surface area contributed by atoms with Crippen LogP contribution < -0.4 is 14.8 Å². The molecule has 31 heavy (non-hydrogen) atoms. The number of carbonyl (C=O) groups is 1. The fourth-order valence-electron chi connectivity index (χ4n) is 2.98. The average Bonchev–Trinajstić information content (AvgIpc) is 3.17. The number of nitrogens with one attached hydrogen (secondary N) is 2. The first-order chi connectivity index (χ1) is 15.1. The van der Waals surface area contributed by atoms with Gasteiger partial charge in [0.25, 0.3) is 0 Å². The molecule has 0 radical (unpaired) electrons. The van der Waals surface area contributed by atoms with Crippen LogP contribution in [0.1, 0.15) is 31.7 Å². The summed E-state index contributed by atoms with van der Waals surface area (Å²) in [5.74, 6) is 1.92. The largest absolute Gasteiger partial charge is 0.497 e. The zero-order chi connectivity index (χ0) is 22.1. The molecule has 0 saturated carbocycles. The molecule has 0 bridgehead atoms. The zero-order valence-electron chi connectivity index (χ0n) is 17.8. The maximum absolute atomic E-state index is 12.5. The highest BCUT2D eigenvalue weighted by atomic mass is 32.1. The number of nitrogens with zero attached hydrogens (tertiary/aromatic N) is 3. The van der Waals surface area contributed by atoms with Gasteiger partial charge < -0.3 is 14.8 Å². The normalized spacial score (nSPS) is 10.6. The van der Waals surface area contributed by atoms with E-state index >= 15 is 0 Å². The number of hydrogen-bond acceptors (Lipinski definition) is 6. The Bertz CT molecular complexity index is 1050. The number of hydrogen-bond donors (Lipinski definition) is 2. The van der Waals surface area contributed by atoms with E-state index in [0.717, 1.165) is 29.7 Å². The van der Waals surface area contributed by atoms with Crippen molar-refractivity contribution in [3.8, 4) is 23.0 Å². The third kappa shape index (κ3) is 6.14. The number of rotatable bonds is 11. The summed E-state index contributed by atoms with van der Waals surface area (Å²) in [5.41, 5.74) is 1.74. The van der Waals surface area contributed by atoms with Crippen LogP contribution >= 0.6 is 12.2 Å². The molecule has 0 atom stereocenters. The Morgan fingerprint density at radius 2 is 2.06 bits per heavy atom. The molecule has 2 heterocycles. The van der Waals surface area contributed by atoms with Gasteiger partial charge in [0, 0.05) is 36.8 Å². The Balaban J connectivity index is 1.58. The number of H-pyrrole nitrogens is 1. The van der Waals surface area contributed by atoms with Crippen LogP contribution in [0.3, 0.4) is 0 Å². The van der Waals surface area contributed by atoms with Crippen molar-refractivity contribution >= 4 is 18.1 Å². The van der Waals surface area contributed by atoms with E-state index in [1.165, 1.54) is 0 Å². The second-order valence-corrected chi connectivity index (χ2v) is 7.32. The molecule has 1 amide bonds. The number of aromatic nitrogens is 4. The highest BCUT2D eigenvalue weighted by Crippen LogP contribution is 2.21. The maximum atomic E-state index is 12.5. The molecule has 0 unspecified atom stereocenters. The molecular weight excluding hydrogens is 414 g/mol. The van der Waals surface area contributed by atoms with Crippen molar-refractivity contribution in [2.24, 2.45) is 0 Å². The van der Waals surface area contributed by atoms with Crippen LogP contribution in [0.25, 0.3) is 11.4 Å². The monoisotopic (exact) mass is 441 g/mol. The number of aromatic amines is 1. The molecule has 0 saturated heterocycles. The van der Waals surface area contributed by atoms with E-state index in [2.05, 4.69) is 27.4 Å². The van der Waals surface area contributed by atoms with Gasteiger partial charge in [-0.3, -0.25) is 14.5 Å². The van der Waals surface area contributed by atoms with Crippen LogP contribution in [-0.4, -0.2) is 39.4 Å². The number of amides is 1. The second kappa shape index (κ2) is 11.3. The standard InChI is InChI=1S/C22H27N5O3S/c1-3-4-14-30-21-17(6-5-12-23-21)15-24-19(28)11-13-27-20(25-26-22(27)31)16-7-9-18(29-2)10-8-16/h5-10,12H,3-4,11,13-15H2,1-2H3,(H,24,28)(H,26,31). The Morgan fingerprint density at radius 1 is 1.26 bits per heavy atom. The third-order valence-corrected chi connectivity index (χ3v) is 5.04. The molecular formula is C22H27N5O3S. The fourth-order valence-corrected chi connectivity index (χ4v) is 3.21. The molecule has 0 aliphatic carbocycles. The van der Waals surface area contributed by atoms with Gasteiger partial charge in [-0.15, -0.1) is 0 Å². The maximum Gasteiger partial charge on any atom is 0.222 e. The summed E-state index contributed by atoms with van der Waals surface area (Å²) in [6.07, 6.45) is 3.97. The first-order valence-electron chi connectivity index (χ1n) is 10.3. The van der Waals surface area contributed by atoms with Crippen LogP contribution in [0.4, 0.5) is 0 Å². The average molecular weight is 442 g/mol. The topological polar surface area (TPSA) is 94.1 Å². The first-order valence-corrected chi connectivity index (χ1v) is 10.7. The fraction of sp³-hybridized carbons (Fsp3) is 0.364. The molecule has 3 aromatic rings. The number of benzene rings is 1. The summed E-state index contributed by atoms with van der Waals surface area (Å²) < 4.78 is 13.2. The first kappa shape index (κ1) is 22.5. The van der Waals surface area contributed by atoms with E-state index in [1.54, 1.807) is 13.3 Å². The van der Waals surface area contributed by atoms with E-state index in [-0.39, 0.29) is 12.3 Å². The molecule has 8 nitrogen and oxygen atoms in total. The molecule has 1 aromatic carbocycles. The van der Waals surface area contributed by atoms with Gasteiger partial charge in [0.1, 0.15) is 5.75 Å². The van der Waals surface area contributed by atoms with Gasteiger partial charge in [-0.25, -0.2) is 4.98 Å². The number of methoxy groups -OCH3 is 1. The van der Waals surface area contributed by atoms with Crippen molar-refractivity contribution in [1.82, 2.24) is 25.1 Å². The van der Waals surface area contributed by atoms with Crippen molar-refractivity contribution < 1.29 is 14.3 Å². The van der Waals surface area contributed by atoms with Crippen molar-refractivity contribution in [1.29, 1.82) is 0 Å². The highest BCUT2D eigenvalue weighted by molar-refractivity contribution is 7.71. The summed E-state index contributed by atoms with van der Waals surface area (Å²) in [7, 11) is 1.62. The van der Waals surface area contributed by atoms with Crippen molar-refractivity contribution in [2.75, 3.05) is 13.7 Å². The van der Waals surface area contributed by atoms with Gasteiger partial charge in [-0.05, 0) is 49.0 Å². The van der Waals surface area contributed by atoms with E-state index in [9.17, 15) is 4.79 Å². The lowest BCUT2D eigenvalue weighted by Crippen LogP contribution is -2.24. The minimum absolute atomic E-state index is 0.0906. The third-order valence-electron chi connectivity index (χ3n) is 4.73. The molecule has 2 aromatic heterocycles. The van der Waals surface area contributed by atoms with E-state index in [1.807, 2.05) is 41.0 Å². The molecule has 3 rings (SSSR count). The van der Waals surface area contributed by atoms with Crippen molar-refractivity contribution in [3.63, 3.8) is 0 Å². The Morgan fingerprint density at radius 3 is 2.81 bits per heavy atom. The summed E-state index contributed by atoms with van der Waals surface area (Å²) >= 11 is 5.35. The van der Waals surface area contributed by atoms with Crippen LogP contribution in [0, 0.1) is 4.77 Å². The van der Waals surface area contributed by atoms with Crippen LogP contribution in [0.5, 0.6) is 11.6 Å². The molecule has 164 valence electrons. The van der Waals surface area contributed by atoms with Gasteiger partial charge >= 0.3 is 0 Å². The van der Waals surface area contributed by atoms with E-state index in [0.29, 0.717) is 36.2 Å². The van der Waals surface area contributed by atoms with Crippen LogP contribution in [-0.2, 0) is 17.9 Å². The molecule has 0 aliphatic rings. The Labute approximate surface area is 186 Å². The minimum atomic E-state index is -0.0906. The van der Waals surface area contributed by atoms with Gasteiger partial charge in [0.2, 0.25) is 11.8 Å². The lowest BCUT2D eigenvalue weighted by atomic mass is 10.2. The molecule has 0 fully saturated rings. The Kier molecular flexibility index (Phi) is 8.17. The molecule has 9 heteroatoms. The predicted molar refractivity (Wildman–Crippen MR) is 121 cm³/mol. The molecule has 0 spiro atoms. The summed E-state index contributed by atoms with van der Waals surface area (Å²) in [5, 5.41) is 10.0. The van der Waals surface area contributed by atoms with Crippen LogP contribution in [0.15, 0.2) is 42.6 Å². The molecule has 0 aliphatic heterocycles. The van der Waals surface area contributed by atoms with Crippen molar-refractivity contribution in [3.05, 3.63) is 52.9 Å². The zero-order valence-corrected chi connectivity index (χ0v) is 18.6. The summed E-state index contributed by atoms with van der Waals surface area (Å²) in [6.45, 7) is 3.49. The van der Waals surface area contributed by atoms with E-state index < -0.39 is 0 Å². The SMILES string of the molecule is CCCCOc1ncccc1CNC(=O)CCn1c(-c2ccc(OC)cc2)n[nH]c1=S. The number of pyridine rings is 1. The molecule has 2 N–H and O–H groups in total. The van der Waals surface area contributed by atoms with Crippen LogP contribution in [0.2, 0.25) is 0 Å². The number of unbranched alkanes of at least 4 members (excludes halogenated alkanes) is 1. The number of carbonyl (C=O) groups excluding carboxylic acids is 1. The lowest BCUT2D eigenvalue weighted by Gasteiger charge is -2.11. The summed E-state index contributed by atoms with van der Waals surface area (Å²) in [4.78, 5) is 16.7. The predicted octanol–water partition coefficient (Wildman–Crippen LogP) is 3.90. The summed E-state index contributed by atoms with van der Waals surface area (Å²) in [6, 6.07) is 11.3. The van der Waals surface area contributed by atoms with Crippen molar-refractivity contribution in [2.45, 2.75) is 39.3 Å². The minimum Gasteiger partial charge on any atom is -0.497 e. The second-order valence-electron chi connectivity index (χ2n) is 6.93.